The van der Waals surface area contributed by atoms with E-state index < -0.39 is 5.41 Å². The van der Waals surface area contributed by atoms with Crippen LogP contribution in [0, 0.1) is 12.3 Å². The minimum absolute atomic E-state index is 0.0764. The summed E-state index contributed by atoms with van der Waals surface area (Å²) in [5.74, 6) is 0.0986. The summed E-state index contributed by atoms with van der Waals surface area (Å²) in [4.78, 5) is 18.8. The van der Waals surface area contributed by atoms with Crippen molar-refractivity contribution >= 4 is 17.4 Å². The summed E-state index contributed by atoms with van der Waals surface area (Å²) >= 11 is 0. The minimum Gasteiger partial charge on any atom is -0.322 e. The maximum Gasteiger partial charge on any atom is 0.242 e. The number of nitrogens with two attached hydrogens (primary N) is 1. The summed E-state index contributed by atoms with van der Waals surface area (Å²) in [5.41, 5.74) is 4.02. The van der Waals surface area contributed by atoms with Crippen molar-refractivity contribution < 1.29 is 10.1 Å². The van der Waals surface area contributed by atoms with E-state index in [4.69, 9.17) is 5.41 Å². The standard InChI is InChI=1S/C20H22N4O/c1-13-5-6-15(12-23-13)14-7-8-16-17(11-14)24(18(21)9-10-22-4)19(25)20(16,2)3/h5-12,21-22H,1-4H3/p+1. The van der Waals surface area contributed by atoms with Crippen LogP contribution in [0.25, 0.3) is 11.1 Å². The largest absolute Gasteiger partial charge is 0.322 e. The number of nitrogens with one attached hydrogen (secondary N) is 1. The molecule has 0 atom stereocenters. The third kappa shape index (κ3) is 2.87. The first-order valence-electron chi connectivity index (χ1n) is 8.33. The first-order valence-corrected chi connectivity index (χ1v) is 8.33. The number of amides is 1. The normalized spacial score (nSPS) is 15.7. The number of hydrogen-bond donors (Lipinski definition) is 2. The molecule has 128 valence electrons. The molecule has 0 unspecified atom stereocenters. The van der Waals surface area contributed by atoms with Crippen LogP contribution in [0.15, 0.2) is 48.8 Å². The van der Waals surface area contributed by atoms with Gasteiger partial charge in [0.25, 0.3) is 0 Å². The molecule has 3 rings (SSSR count). The van der Waals surface area contributed by atoms with Gasteiger partial charge in [0.05, 0.1) is 24.4 Å². The Hall–Kier alpha value is -2.79. The third-order valence-corrected chi connectivity index (χ3v) is 4.58. The number of carbonyl (C=O) groups is 1. The smallest absolute Gasteiger partial charge is 0.242 e. The number of anilines is 1. The highest BCUT2D eigenvalue weighted by Gasteiger charge is 2.45. The van der Waals surface area contributed by atoms with Crippen LogP contribution in [-0.2, 0) is 10.2 Å². The van der Waals surface area contributed by atoms with Gasteiger partial charge in [0.2, 0.25) is 5.91 Å². The third-order valence-electron chi connectivity index (χ3n) is 4.58. The molecule has 0 saturated heterocycles. The molecule has 3 N–H and O–H groups in total. The summed E-state index contributed by atoms with van der Waals surface area (Å²) < 4.78 is 0. The lowest BCUT2D eigenvalue weighted by Gasteiger charge is -2.19. The number of fused-ring (bicyclic) bond motifs is 1. The van der Waals surface area contributed by atoms with Crippen molar-refractivity contribution in [2.75, 3.05) is 11.9 Å². The number of aryl methyl sites for hydroxylation is 1. The number of quaternary nitrogens is 1. The highest BCUT2D eigenvalue weighted by Crippen LogP contribution is 2.43. The highest BCUT2D eigenvalue weighted by atomic mass is 16.2. The topological polar surface area (TPSA) is 73.7 Å². The summed E-state index contributed by atoms with van der Waals surface area (Å²) in [6, 6.07) is 9.98. The van der Waals surface area contributed by atoms with Crippen molar-refractivity contribution in [1.82, 2.24) is 4.98 Å². The molecule has 0 spiro atoms. The van der Waals surface area contributed by atoms with Gasteiger partial charge in [-0.1, -0.05) is 18.2 Å². The Morgan fingerprint density at radius 1 is 1.24 bits per heavy atom. The second-order valence-electron chi connectivity index (χ2n) is 6.76. The molecule has 2 heterocycles. The lowest BCUT2D eigenvalue weighted by molar-refractivity contribution is -0.556. The van der Waals surface area contributed by atoms with E-state index in [1.807, 2.05) is 69.7 Å². The van der Waals surface area contributed by atoms with Crippen molar-refractivity contribution in [3.05, 3.63) is 60.1 Å². The van der Waals surface area contributed by atoms with E-state index in [9.17, 15) is 4.79 Å². The van der Waals surface area contributed by atoms with Crippen LogP contribution in [-0.4, -0.2) is 23.8 Å². The van der Waals surface area contributed by atoms with E-state index in [2.05, 4.69) is 4.98 Å². The van der Waals surface area contributed by atoms with Crippen LogP contribution < -0.4 is 10.2 Å². The minimum atomic E-state index is -0.643. The SMILES string of the molecule is C[NH2+]C=CC(=N)N1C(=O)C(C)(C)c2ccc(-c3ccc(C)nc3)cc21. The number of benzene rings is 1. The Kier molecular flexibility index (Phi) is 4.27. The number of aromatic nitrogens is 1. The maximum absolute atomic E-state index is 12.9. The fourth-order valence-corrected chi connectivity index (χ4v) is 3.07. The molecule has 2 aromatic rings. The molecule has 0 fully saturated rings. The lowest BCUT2D eigenvalue weighted by Crippen LogP contribution is -2.72. The number of carbonyl (C=O) groups excluding carboxylic acids is 1. The van der Waals surface area contributed by atoms with E-state index in [0.717, 1.165) is 28.1 Å². The molecule has 0 saturated carbocycles. The van der Waals surface area contributed by atoms with Crippen molar-refractivity contribution in [3.63, 3.8) is 0 Å². The van der Waals surface area contributed by atoms with E-state index in [0.29, 0.717) is 0 Å². The van der Waals surface area contributed by atoms with Gasteiger partial charge in [-0.15, -0.1) is 0 Å². The first kappa shape index (κ1) is 17.0. The molecule has 25 heavy (non-hydrogen) atoms. The van der Waals surface area contributed by atoms with Gasteiger partial charge in [0.15, 0.2) is 0 Å². The number of rotatable bonds is 3. The Morgan fingerprint density at radius 2 is 1.96 bits per heavy atom. The van der Waals surface area contributed by atoms with Crippen molar-refractivity contribution in [2.45, 2.75) is 26.2 Å². The molecule has 5 heteroatoms. The fourth-order valence-electron chi connectivity index (χ4n) is 3.07. The molecule has 0 aliphatic carbocycles. The van der Waals surface area contributed by atoms with Gasteiger partial charge in [-0.25, -0.2) is 0 Å². The van der Waals surface area contributed by atoms with Crippen molar-refractivity contribution in [1.29, 1.82) is 5.41 Å². The highest BCUT2D eigenvalue weighted by molar-refractivity contribution is 6.26. The van der Waals surface area contributed by atoms with Crippen LogP contribution >= 0.6 is 0 Å². The quantitative estimate of drug-likeness (QED) is 0.667. The number of nitrogens with zero attached hydrogens (tertiary/aromatic N) is 2. The Bertz CT molecular complexity index is 866. The molecule has 0 bridgehead atoms. The number of hydrogen-bond acceptors (Lipinski definition) is 3. The lowest BCUT2D eigenvalue weighted by atomic mass is 9.85. The van der Waals surface area contributed by atoms with Crippen LogP contribution in [0.3, 0.4) is 0 Å². The van der Waals surface area contributed by atoms with Gasteiger partial charge >= 0.3 is 0 Å². The monoisotopic (exact) mass is 335 g/mol. The maximum atomic E-state index is 12.9. The zero-order valence-corrected chi connectivity index (χ0v) is 15.0. The van der Waals surface area contributed by atoms with Gasteiger partial charge in [0.1, 0.15) is 5.84 Å². The Labute approximate surface area is 147 Å². The summed E-state index contributed by atoms with van der Waals surface area (Å²) in [6.45, 7) is 5.77. The molecular formula is C20H23N4O+. The molecule has 5 nitrogen and oxygen atoms in total. The molecular weight excluding hydrogens is 312 g/mol. The predicted molar refractivity (Wildman–Crippen MR) is 99.6 cm³/mol. The van der Waals surface area contributed by atoms with E-state index in [1.54, 1.807) is 12.3 Å². The van der Waals surface area contributed by atoms with Crippen LogP contribution in [0.5, 0.6) is 0 Å². The second-order valence-corrected chi connectivity index (χ2v) is 6.76. The molecule has 1 aliphatic rings. The van der Waals surface area contributed by atoms with Crippen molar-refractivity contribution in [2.24, 2.45) is 0 Å². The van der Waals surface area contributed by atoms with Gasteiger partial charge < -0.3 is 5.32 Å². The number of pyridine rings is 1. The van der Waals surface area contributed by atoms with Gasteiger partial charge in [-0.2, -0.15) is 0 Å². The average Bonchev–Trinajstić information content (AvgIpc) is 2.79. The van der Waals surface area contributed by atoms with E-state index >= 15 is 0 Å². The molecule has 1 aromatic heterocycles. The Morgan fingerprint density at radius 3 is 2.60 bits per heavy atom. The van der Waals surface area contributed by atoms with Crippen LogP contribution in [0.1, 0.15) is 25.1 Å². The van der Waals surface area contributed by atoms with Gasteiger partial charge in [-0.3, -0.25) is 20.1 Å². The Balaban J connectivity index is 2.11. The van der Waals surface area contributed by atoms with Crippen LogP contribution in [0.2, 0.25) is 0 Å². The number of amidine groups is 1. The summed E-state index contributed by atoms with van der Waals surface area (Å²) in [5, 5.41) is 10.2. The van der Waals surface area contributed by atoms with E-state index in [1.165, 1.54) is 4.90 Å². The van der Waals surface area contributed by atoms with E-state index in [-0.39, 0.29) is 11.7 Å². The summed E-state index contributed by atoms with van der Waals surface area (Å²) in [7, 11) is 1.88. The molecule has 0 radical (unpaired) electrons. The molecule has 1 amide bonds. The zero-order chi connectivity index (χ0) is 18.2. The fraction of sp³-hybridized carbons (Fsp3) is 0.250. The van der Waals surface area contributed by atoms with Crippen LogP contribution in [0.4, 0.5) is 5.69 Å². The molecule has 1 aliphatic heterocycles. The first-order chi connectivity index (χ1) is 11.9. The molecule has 1 aromatic carbocycles. The zero-order valence-electron chi connectivity index (χ0n) is 15.0. The second kappa shape index (κ2) is 6.26. The van der Waals surface area contributed by atoms with Gasteiger partial charge in [0, 0.05) is 23.5 Å². The predicted octanol–water partition coefficient (Wildman–Crippen LogP) is 2.37. The van der Waals surface area contributed by atoms with Crippen molar-refractivity contribution in [3.8, 4) is 11.1 Å². The van der Waals surface area contributed by atoms with Gasteiger partial charge in [-0.05, 0) is 44.0 Å². The average molecular weight is 335 g/mol. The summed E-state index contributed by atoms with van der Waals surface area (Å²) in [6.07, 6.45) is 5.25.